The number of nitro benzene ring substituents is 1. The molecule has 1 amide bonds. The zero-order valence-corrected chi connectivity index (χ0v) is 16.5. The van der Waals surface area contributed by atoms with Crippen molar-refractivity contribution < 1.29 is 14.5 Å². The maximum atomic E-state index is 12.6. The average Bonchev–Trinajstić information content (AvgIpc) is 3.45. The summed E-state index contributed by atoms with van der Waals surface area (Å²) in [6, 6.07) is 11.1. The maximum Gasteiger partial charge on any atom is 0.294 e. The molecule has 1 N–H and O–H groups in total. The molecule has 0 saturated carbocycles. The minimum absolute atomic E-state index is 0.172. The number of nitro groups is 1. The van der Waals surface area contributed by atoms with Gasteiger partial charge in [-0.05, 0) is 36.4 Å². The van der Waals surface area contributed by atoms with Crippen LogP contribution in [0.4, 0.5) is 11.4 Å². The molecule has 10 nitrogen and oxygen atoms in total. The first kappa shape index (κ1) is 19.8. The second-order valence-corrected chi connectivity index (χ2v) is 6.65. The number of aryl methyl sites for hydroxylation is 1. The predicted molar refractivity (Wildman–Crippen MR) is 112 cm³/mol. The van der Waals surface area contributed by atoms with Crippen LogP contribution in [0.2, 0.25) is 0 Å². The van der Waals surface area contributed by atoms with E-state index in [-0.39, 0.29) is 11.3 Å². The Labute approximate surface area is 176 Å². The van der Waals surface area contributed by atoms with Crippen molar-refractivity contribution in [3.05, 3.63) is 95.1 Å². The molecule has 0 aliphatic heterocycles. The minimum Gasteiger partial charge on any atom is -0.486 e. The van der Waals surface area contributed by atoms with Crippen molar-refractivity contribution in [3.8, 4) is 11.4 Å². The van der Waals surface area contributed by atoms with Gasteiger partial charge in [-0.2, -0.15) is 0 Å². The largest absolute Gasteiger partial charge is 0.486 e. The summed E-state index contributed by atoms with van der Waals surface area (Å²) in [5.41, 5.74) is 0.846. The number of nitrogens with zero attached hydrogens (tertiary/aromatic N) is 5. The summed E-state index contributed by atoms with van der Waals surface area (Å²) in [5, 5.41) is 14.2. The summed E-state index contributed by atoms with van der Waals surface area (Å²) in [7, 11) is 1.89. The standard InChI is InChI=1S/C21H18N6O4/c1-25-10-9-23-20(25)13-31-17-5-3-16(4-6-17)24-21(28)15-2-7-18(19(12-15)27(29)30)26-11-8-22-14-26/h2-12,14H,13H2,1H3,(H,24,28). The van der Waals surface area contributed by atoms with Gasteiger partial charge in [-0.1, -0.05) is 0 Å². The number of carbonyl (C=O) groups is 1. The van der Waals surface area contributed by atoms with Crippen molar-refractivity contribution in [1.82, 2.24) is 19.1 Å². The number of carbonyl (C=O) groups excluding carboxylic acids is 1. The molecular weight excluding hydrogens is 400 g/mol. The van der Waals surface area contributed by atoms with E-state index in [0.717, 1.165) is 5.82 Å². The first-order valence-corrected chi connectivity index (χ1v) is 9.28. The van der Waals surface area contributed by atoms with Crippen LogP contribution < -0.4 is 10.1 Å². The van der Waals surface area contributed by atoms with Crippen LogP contribution >= 0.6 is 0 Å². The van der Waals surface area contributed by atoms with Gasteiger partial charge in [0.1, 0.15) is 23.9 Å². The van der Waals surface area contributed by atoms with E-state index in [4.69, 9.17) is 4.74 Å². The van der Waals surface area contributed by atoms with Crippen molar-refractivity contribution in [2.75, 3.05) is 5.32 Å². The molecular formula is C21H18N6O4. The minimum atomic E-state index is -0.528. The number of imidazole rings is 2. The van der Waals surface area contributed by atoms with Gasteiger partial charge in [0.2, 0.25) is 0 Å². The zero-order valence-electron chi connectivity index (χ0n) is 16.5. The molecule has 0 aliphatic carbocycles. The number of ether oxygens (including phenoxy) is 1. The quantitative estimate of drug-likeness (QED) is 0.363. The van der Waals surface area contributed by atoms with Crippen molar-refractivity contribution >= 4 is 17.3 Å². The highest BCUT2D eigenvalue weighted by Crippen LogP contribution is 2.25. The number of hydrogen-bond donors (Lipinski definition) is 1. The zero-order chi connectivity index (χ0) is 21.8. The van der Waals surface area contributed by atoms with E-state index in [2.05, 4.69) is 15.3 Å². The predicted octanol–water partition coefficient (Wildman–Crippen LogP) is 3.35. The van der Waals surface area contributed by atoms with Gasteiger partial charge in [0.05, 0.1) is 11.3 Å². The molecule has 4 rings (SSSR count). The van der Waals surface area contributed by atoms with Crippen LogP contribution in [0.15, 0.2) is 73.6 Å². The van der Waals surface area contributed by atoms with E-state index in [1.165, 1.54) is 35.3 Å². The number of amides is 1. The fourth-order valence-electron chi connectivity index (χ4n) is 2.95. The molecule has 0 bridgehead atoms. The van der Waals surface area contributed by atoms with E-state index in [1.54, 1.807) is 36.7 Å². The topological polar surface area (TPSA) is 117 Å². The Bertz CT molecular complexity index is 1220. The second-order valence-electron chi connectivity index (χ2n) is 6.65. The molecule has 0 fully saturated rings. The van der Waals surface area contributed by atoms with Crippen LogP contribution in [0.3, 0.4) is 0 Å². The Morgan fingerprint density at radius 1 is 1.16 bits per heavy atom. The summed E-state index contributed by atoms with van der Waals surface area (Å²) in [6.45, 7) is 0.322. The number of nitrogens with one attached hydrogen (secondary N) is 1. The first-order chi connectivity index (χ1) is 15.0. The van der Waals surface area contributed by atoms with Gasteiger partial charge in [0.25, 0.3) is 11.6 Å². The Morgan fingerprint density at radius 2 is 1.97 bits per heavy atom. The van der Waals surface area contributed by atoms with Gasteiger partial charge in [0, 0.05) is 49.2 Å². The number of hydrogen-bond acceptors (Lipinski definition) is 6. The Hall–Kier alpha value is -4.47. The highest BCUT2D eigenvalue weighted by atomic mass is 16.6. The molecule has 0 aliphatic rings. The van der Waals surface area contributed by atoms with Crippen LogP contribution in [0.1, 0.15) is 16.2 Å². The average molecular weight is 418 g/mol. The van der Waals surface area contributed by atoms with Gasteiger partial charge in [-0.15, -0.1) is 0 Å². The fourth-order valence-corrected chi connectivity index (χ4v) is 2.95. The lowest BCUT2D eigenvalue weighted by Gasteiger charge is -2.09. The normalized spacial score (nSPS) is 10.6. The lowest BCUT2D eigenvalue weighted by atomic mass is 10.1. The molecule has 2 aromatic carbocycles. The van der Waals surface area contributed by atoms with Crippen molar-refractivity contribution in [2.24, 2.45) is 7.05 Å². The number of anilines is 1. The lowest BCUT2D eigenvalue weighted by Crippen LogP contribution is -2.12. The fraction of sp³-hybridized carbons (Fsp3) is 0.0952. The maximum absolute atomic E-state index is 12.6. The molecule has 2 aromatic heterocycles. The summed E-state index contributed by atoms with van der Waals surface area (Å²) in [5.74, 6) is 0.960. The van der Waals surface area contributed by atoms with Gasteiger partial charge < -0.3 is 19.2 Å². The third-order valence-corrected chi connectivity index (χ3v) is 4.62. The van der Waals surface area contributed by atoms with Gasteiger partial charge in [0.15, 0.2) is 0 Å². The van der Waals surface area contributed by atoms with Gasteiger partial charge in [-0.3, -0.25) is 14.9 Å². The third-order valence-electron chi connectivity index (χ3n) is 4.62. The summed E-state index contributed by atoms with van der Waals surface area (Å²) >= 11 is 0. The van der Waals surface area contributed by atoms with Crippen molar-refractivity contribution in [1.29, 1.82) is 0 Å². The van der Waals surface area contributed by atoms with Gasteiger partial charge >= 0.3 is 0 Å². The Balaban J connectivity index is 1.45. The molecule has 156 valence electrons. The highest BCUT2D eigenvalue weighted by molar-refractivity contribution is 6.04. The second kappa shape index (κ2) is 8.49. The van der Waals surface area contributed by atoms with Crippen molar-refractivity contribution in [3.63, 3.8) is 0 Å². The smallest absolute Gasteiger partial charge is 0.294 e. The van der Waals surface area contributed by atoms with Gasteiger partial charge in [-0.25, -0.2) is 9.97 Å². The molecule has 31 heavy (non-hydrogen) atoms. The summed E-state index contributed by atoms with van der Waals surface area (Å²) in [4.78, 5) is 31.6. The molecule has 10 heteroatoms. The van der Waals surface area contributed by atoms with Crippen LogP contribution in [0.5, 0.6) is 5.75 Å². The molecule has 0 atom stereocenters. The highest BCUT2D eigenvalue weighted by Gasteiger charge is 2.19. The summed E-state index contributed by atoms with van der Waals surface area (Å²) < 4.78 is 9.07. The molecule has 0 unspecified atom stereocenters. The SMILES string of the molecule is Cn1ccnc1COc1ccc(NC(=O)c2ccc(-n3ccnc3)c([N+](=O)[O-])c2)cc1. The first-order valence-electron chi connectivity index (χ1n) is 9.28. The van der Waals surface area contributed by atoms with E-state index >= 15 is 0 Å². The van der Waals surface area contributed by atoms with E-state index < -0.39 is 10.8 Å². The number of benzene rings is 2. The lowest BCUT2D eigenvalue weighted by molar-refractivity contribution is -0.384. The Kier molecular flexibility index (Phi) is 5.43. The van der Waals surface area contributed by atoms with Crippen LogP contribution in [0.25, 0.3) is 5.69 Å². The van der Waals surface area contributed by atoms with E-state index in [1.807, 2.05) is 17.8 Å². The molecule has 0 saturated heterocycles. The van der Waals surface area contributed by atoms with E-state index in [9.17, 15) is 14.9 Å². The molecule has 0 radical (unpaired) electrons. The number of aromatic nitrogens is 4. The van der Waals surface area contributed by atoms with E-state index in [0.29, 0.717) is 23.7 Å². The summed E-state index contributed by atoms with van der Waals surface area (Å²) in [6.07, 6.45) is 8.11. The molecule has 4 aromatic rings. The Morgan fingerprint density at radius 3 is 2.61 bits per heavy atom. The molecule has 2 heterocycles. The monoisotopic (exact) mass is 418 g/mol. The third kappa shape index (κ3) is 4.42. The van der Waals surface area contributed by atoms with Crippen LogP contribution in [0, 0.1) is 10.1 Å². The van der Waals surface area contributed by atoms with Crippen LogP contribution in [-0.4, -0.2) is 29.9 Å². The number of rotatable bonds is 7. The molecule has 0 spiro atoms. The van der Waals surface area contributed by atoms with Crippen molar-refractivity contribution in [2.45, 2.75) is 6.61 Å². The van der Waals surface area contributed by atoms with Crippen LogP contribution in [-0.2, 0) is 13.7 Å².